The summed E-state index contributed by atoms with van der Waals surface area (Å²) in [4.78, 5) is 0. The summed E-state index contributed by atoms with van der Waals surface area (Å²) >= 11 is 0. The quantitative estimate of drug-likeness (QED) is 0.0859. The standard InChI is InChI=1S/C29H32N.C25H26N.C24H28N.2C23H27FN/c1-7-19(2)23-11-14-27-24(18-23)15-16-30(6)29(27)26-13-12-25(17-22(26)5)28-20(3)9-8-10-21(28)4;1-5-17(2)19-10-11-23-22(15-19)12-13-26(4)25(23)24-16-21-9-7-6-8-20(21)14-18(24)3;1-5-16(2)18-9-10-22-21(14-18)11-12-25(4)24(22)23-15-20-8-6-7-19(20)13-17(23)3;1-7-14(2)18-8-9-20-19(13-18)10-11-25(6)23(20)21-12-15(3)22(24)17(5)16(21)4;1-7-14(2)18-8-9-20-19(13-18)10-11-25(6)23(20)21-17(5)15(3)12-16(4)22(21)24/h8-19H,7H2,1-6H3;6-17H,5H2,1-4H3;9-16H,5-8H2,1-4H3;2*8-14H,7H2,1-6H3/q5*+1. The predicted octanol–water partition coefficient (Wildman–Crippen LogP) is 31.2. The number of benzene rings is 12. The SMILES string of the molecule is CCC(C)c1ccc2c(-c3c(C)c(C)cc(C)c3F)[n+](C)ccc2c1.CCC(C)c1ccc2c(-c3cc(C)c(F)c(C)c3C)[n+](C)ccc2c1.CCC(C)c1ccc2c(-c3cc4c(cc3C)CCC4)[n+](C)ccc2c1.CCC(C)c1ccc2c(-c3cc4ccccc4cc3C)[n+](C)ccc2c1.CCC(C)c1ccc2c(-c3ccc(-c4c(C)cccc4C)cc3C)[n+](C)ccc2c1. The molecule has 17 aromatic rings. The predicted molar refractivity (Wildman–Crippen MR) is 553 cm³/mol. The van der Waals surface area contributed by atoms with Crippen LogP contribution in [0.4, 0.5) is 8.78 Å². The number of halogens is 2. The fourth-order valence-corrected chi connectivity index (χ4v) is 19.9. The Kier molecular flexibility index (Phi) is 29.5. The molecule has 18 rings (SSSR count). The third-order valence-corrected chi connectivity index (χ3v) is 29.5. The number of rotatable bonds is 16. The molecule has 131 heavy (non-hydrogen) atoms. The topological polar surface area (TPSA) is 19.4 Å². The third kappa shape index (κ3) is 19.6. The molecule has 7 heteroatoms. The van der Waals surface area contributed by atoms with Crippen LogP contribution in [0, 0.1) is 87.8 Å². The second-order valence-corrected chi connectivity index (χ2v) is 38.4. The number of aromatic nitrogens is 5. The van der Waals surface area contributed by atoms with Crippen molar-refractivity contribution >= 4 is 64.6 Å². The Morgan fingerprint density at radius 3 is 1.00 bits per heavy atom. The molecule has 5 aromatic heterocycles. The summed E-state index contributed by atoms with van der Waals surface area (Å²) < 4.78 is 40.3. The van der Waals surface area contributed by atoms with E-state index in [1.165, 1.54) is 192 Å². The van der Waals surface area contributed by atoms with Gasteiger partial charge < -0.3 is 0 Å². The van der Waals surface area contributed by atoms with E-state index in [4.69, 9.17) is 0 Å². The van der Waals surface area contributed by atoms with E-state index in [1.54, 1.807) is 11.1 Å². The van der Waals surface area contributed by atoms with Gasteiger partial charge in [0, 0.05) is 41.5 Å². The Labute approximate surface area is 781 Å². The van der Waals surface area contributed by atoms with E-state index >= 15 is 4.39 Å². The van der Waals surface area contributed by atoms with Crippen LogP contribution in [0.15, 0.2) is 249 Å². The molecule has 5 atom stereocenters. The highest BCUT2D eigenvalue weighted by Gasteiger charge is 2.29. The van der Waals surface area contributed by atoms with Crippen molar-refractivity contribution < 1.29 is 31.6 Å². The number of nitrogens with zero attached hydrogens (tertiary/aromatic N) is 5. The Balaban J connectivity index is 0.000000132. The molecule has 670 valence electrons. The molecule has 0 saturated heterocycles. The van der Waals surface area contributed by atoms with Gasteiger partial charge in [-0.2, -0.15) is 0 Å². The second-order valence-electron chi connectivity index (χ2n) is 38.4. The molecule has 12 aromatic carbocycles. The van der Waals surface area contributed by atoms with Crippen LogP contribution >= 0.6 is 0 Å². The Hall–Kier alpha value is -12.2. The number of fused-ring (bicyclic) bond motifs is 7. The monoisotopic (exact) mass is 1740 g/mol. The molecule has 0 amide bonds. The first-order valence-electron chi connectivity index (χ1n) is 48.2. The Morgan fingerprint density at radius 2 is 0.595 bits per heavy atom. The van der Waals surface area contributed by atoms with Gasteiger partial charge in [-0.25, -0.2) is 31.6 Å². The molecule has 5 unspecified atom stereocenters. The van der Waals surface area contributed by atoms with Crippen LogP contribution in [-0.4, -0.2) is 0 Å². The molecule has 0 saturated carbocycles. The maximum atomic E-state index is 15.1. The summed E-state index contributed by atoms with van der Waals surface area (Å²) in [5.41, 5.74) is 36.6. The van der Waals surface area contributed by atoms with Crippen LogP contribution < -0.4 is 22.8 Å². The molecule has 0 radical (unpaired) electrons. The van der Waals surface area contributed by atoms with E-state index in [0.29, 0.717) is 40.7 Å². The average molecular weight is 1740 g/mol. The molecule has 0 bridgehead atoms. The minimum absolute atomic E-state index is 0.0943. The van der Waals surface area contributed by atoms with Gasteiger partial charge in [0.05, 0.1) is 43.6 Å². The van der Waals surface area contributed by atoms with Crippen molar-refractivity contribution in [1.29, 1.82) is 0 Å². The number of hydrogen-bond donors (Lipinski definition) is 0. The van der Waals surface area contributed by atoms with Gasteiger partial charge in [-0.05, 0) is 361 Å². The lowest BCUT2D eigenvalue weighted by Gasteiger charge is -2.14. The molecule has 5 heterocycles. The average Bonchev–Trinajstić information content (AvgIpc) is 1.49. The van der Waals surface area contributed by atoms with Gasteiger partial charge in [-0.3, -0.25) is 0 Å². The van der Waals surface area contributed by atoms with Gasteiger partial charge in [-0.15, -0.1) is 0 Å². The zero-order valence-electron chi connectivity index (χ0n) is 83.2. The molecule has 0 aliphatic heterocycles. The van der Waals surface area contributed by atoms with Crippen LogP contribution in [0.5, 0.6) is 0 Å². The van der Waals surface area contributed by atoms with E-state index in [2.05, 4.69) is 388 Å². The van der Waals surface area contributed by atoms with Crippen molar-refractivity contribution in [3.8, 4) is 67.4 Å². The van der Waals surface area contributed by atoms with E-state index < -0.39 is 0 Å². The first-order valence-corrected chi connectivity index (χ1v) is 48.2. The number of hydrogen-bond acceptors (Lipinski definition) is 0. The smallest absolute Gasteiger partial charge is 0.206 e. The molecule has 0 N–H and O–H groups in total. The van der Waals surface area contributed by atoms with Crippen LogP contribution in [-0.2, 0) is 48.1 Å². The minimum Gasteiger partial charge on any atom is -0.206 e. The third-order valence-electron chi connectivity index (χ3n) is 29.5. The van der Waals surface area contributed by atoms with Crippen molar-refractivity contribution in [1.82, 2.24) is 0 Å². The van der Waals surface area contributed by atoms with Gasteiger partial charge >= 0.3 is 0 Å². The van der Waals surface area contributed by atoms with Gasteiger partial charge in [0.25, 0.3) is 0 Å². The van der Waals surface area contributed by atoms with Crippen LogP contribution in [0.25, 0.3) is 132 Å². The highest BCUT2D eigenvalue weighted by Crippen LogP contribution is 2.42. The lowest BCUT2D eigenvalue weighted by molar-refractivity contribution is -0.659. The maximum Gasteiger partial charge on any atom is 0.223 e. The van der Waals surface area contributed by atoms with Crippen molar-refractivity contribution in [2.24, 2.45) is 35.2 Å². The fraction of sp³-hybridized carbons (Fsp3) is 0.315. The fourth-order valence-electron chi connectivity index (χ4n) is 19.9. The summed E-state index contributed by atoms with van der Waals surface area (Å²) in [5.74, 6) is 2.67. The van der Waals surface area contributed by atoms with E-state index in [-0.39, 0.29) is 11.6 Å². The molecule has 0 spiro atoms. The van der Waals surface area contributed by atoms with Gasteiger partial charge in [0.2, 0.25) is 28.5 Å². The summed E-state index contributed by atoms with van der Waals surface area (Å²) in [6, 6.07) is 80.9. The highest BCUT2D eigenvalue weighted by molar-refractivity contribution is 6.00. The lowest BCUT2D eigenvalue weighted by Crippen LogP contribution is -2.31. The number of aryl methyl sites for hydroxylation is 15. The summed E-state index contributed by atoms with van der Waals surface area (Å²) in [6.07, 6.45) is 20.3. The Morgan fingerprint density at radius 1 is 0.252 bits per heavy atom. The van der Waals surface area contributed by atoms with E-state index in [1.807, 2.05) is 64.6 Å². The van der Waals surface area contributed by atoms with Crippen LogP contribution in [0.2, 0.25) is 0 Å². The molecule has 1 aliphatic carbocycles. The summed E-state index contributed by atoms with van der Waals surface area (Å²) in [7, 11) is 10.5. The lowest BCUT2D eigenvalue weighted by atomic mass is 9.91. The van der Waals surface area contributed by atoms with Crippen molar-refractivity contribution in [2.45, 2.75) is 226 Å². The second kappa shape index (κ2) is 40.7. The van der Waals surface area contributed by atoms with Crippen molar-refractivity contribution in [3.05, 3.63) is 361 Å². The zero-order chi connectivity index (χ0) is 93.8. The summed E-state index contributed by atoms with van der Waals surface area (Å²) in [6.45, 7) is 45.4. The first-order chi connectivity index (χ1) is 62.8. The summed E-state index contributed by atoms with van der Waals surface area (Å²) in [5, 5.41) is 15.3. The highest BCUT2D eigenvalue weighted by atomic mass is 19.1. The van der Waals surface area contributed by atoms with Crippen molar-refractivity contribution in [3.63, 3.8) is 0 Å². The number of pyridine rings is 5. The first kappa shape index (κ1) is 94.9. The van der Waals surface area contributed by atoms with E-state index in [0.717, 1.165) is 69.4 Å². The zero-order valence-corrected chi connectivity index (χ0v) is 83.2. The molecule has 1 aliphatic rings. The van der Waals surface area contributed by atoms with Crippen LogP contribution in [0.3, 0.4) is 0 Å². The normalized spacial score (nSPS) is 12.9. The molecular weight excluding hydrogens is 1600 g/mol. The largest absolute Gasteiger partial charge is 0.223 e. The minimum atomic E-state index is -0.114. The van der Waals surface area contributed by atoms with Crippen molar-refractivity contribution in [2.75, 3.05) is 0 Å². The Bertz CT molecular complexity index is 7140. The van der Waals surface area contributed by atoms with Crippen LogP contribution in [0.1, 0.15) is 237 Å². The van der Waals surface area contributed by atoms with Gasteiger partial charge in [0.1, 0.15) is 46.9 Å². The molecule has 0 fully saturated rings. The molecular formula is C124H140F2N5+5. The van der Waals surface area contributed by atoms with E-state index in [9.17, 15) is 4.39 Å². The molecule has 5 nitrogen and oxygen atoms in total. The maximum absolute atomic E-state index is 15.1. The van der Waals surface area contributed by atoms with Gasteiger partial charge in [-0.1, -0.05) is 203 Å². The van der Waals surface area contributed by atoms with Gasteiger partial charge in [0.15, 0.2) is 31.0 Å².